The van der Waals surface area contributed by atoms with Crippen LogP contribution < -0.4 is 0 Å². The van der Waals surface area contributed by atoms with E-state index in [0.717, 1.165) is 3.57 Å². The highest BCUT2D eigenvalue weighted by atomic mass is 127. The van der Waals surface area contributed by atoms with Crippen molar-refractivity contribution in [1.82, 2.24) is 0 Å². The minimum atomic E-state index is -0.934. The number of hydrogen-bond acceptors (Lipinski definition) is 4. The van der Waals surface area contributed by atoms with Gasteiger partial charge in [-0.3, -0.25) is 0 Å². The molecular weight excluding hydrogens is 335 g/mol. The van der Waals surface area contributed by atoms with Gasteiger partial charge < -0.3 is 20.1 Å². The number of aromatic hydroxyl groups is 1. The molecule has 0 fully saturated rings. The van der Waals surface area contributed by atoms with Gasteiger partial charge in [-0.1, -0.05) is 0 Å². The predicted octanol–water partition coefficient (Wildman–Crippen LogP) is 1.82. The molecule has 17 heavy (non-hydrogen) atoms. The number of ether oxygens (including phenoxy) is 1. The van der Waals surface area contributed by atoms with Crippen molar-refractivity contribution in [2.75, 3.05) is 13.2 Å². The number of aliphatic hydroxyl groups excluding tert-OH is 2. The average molecular weight is 352 g/mol. The van der Waals surface area contributed by atoms with Gasteiger partial charge in [0.2, 0.25) is 0 Å². The van der Waals surface area contributed by atoms with Crippen LogP contribution in [0.4, 0.5) is 0 Å². The molecule has 0 radical (unpaired) electrons. The summed E-state index contributed by atoms with van der Waals surface area (Å²) in [5, 5.41) is 28.8. The Hall–Kier alpha value is -0.370. The topological polar surface area (TPSA) is 69.9 Å². The van der Waals surface area contributed by atoms with Gasteiger partial charge in [0, 0.05) is 22.3 Å². The molecule has 0 unspecified atom stereocenters. The minimum absolute atomic E-state index is 0.0422. The zero-order valence-corrected chi connectivity index (χ0v) is 11.8. The number of phenols is 1. The third-order valence-electron chi connectivity index (χ3n) is 2.45. The molecule has 0 saturated heterocycles. The van der Waals surface area contributed by atoms with Crippen LogP contribution in [0.3, 0.4) is 0 Å². The Labute approximate surface area is 114 Å². The van der Waals surface area contributed by atoms with Gasteiger partial charge in [-0.25, -0.2) is 0 Å². The number of rotatable bonds is 6. The fraction of sp³-hybridized carbons (Fsp3) is 0.500. The maximum atomic E-state index is 10.1. The minimum Gasteiger partial charge on any atom is -0.508 e. The molecule has 0 aromatic heterocycles. The summed E-state index contributed by atoms with van der Waals surface area (Å²) >= 11 is 2.11. The summed E-state index contributed by atoms with van der Waals surface area (Å²) in [5.41, 5.74) is 0.434. The average Bonchev–Trinajstić information content (AvgIpc) is 2.31. The quantitative estimate of drug-likeness (QED) is 0.683. The SMILES string of the molecule is CCO[C@@H](CCO)[C@@H](O)c1cc(I)ccc1O. The second-order valence-electron chi connectivity index (χ2n) is 3.65. The van der Waals surface area contributed by atoms with Gasteiger partial charge in [-0.05, 0) is 54.1 Å². The smallest absolute Gasteiger partial charge is 0.121 e. The third-order valence-corrected chi connectivity index (χ3v) is 3.13. The van der Waals surface area contributed by atoms with E-state index in [9.17, 15) is 10.2 Å². The molecule has 0 bridgehead atoms. The Bertz CT molecular complexity index is 350. The number of benzene rings is 1. The lowest BCUT2D eigenvalue weighted by atomic mass is 10.0. The highest BCUT2D eigenvalue weighted by Gasteiger charge is 2.23. The van der Waals surface area contributed by atoms with E-state index in [4.69, 9.17) is 9.84 Å². The summed E-state index contributed by atoms with van der Waals surface area (Å²) < 4.78 is 6.29. The fourth-order valence-electron chi connectivity index (χ4n) is 1.64. The zero-order chi connectivity index (χ0) is 12.8. The molecule has 0 aliphatic rings. The number of phenolic OH excluding ortho intramolecular Hbond substituents is 1. The summed E-state index contributed by atoms with van der Waals surface area (Å²) in [6.07, 6.45) is -1.11. The largest absolute Gasteiger partial charge is 0.508 e. The Balaban J connectivity index is 2.91. The van der Waals surface area contributed by atoms with Crippen LogP contribution in [0.5, 0.6) is 5.75 Å². The van der Waals surface area contributed by atoms with Crippen LogP contribution in [0, 0.1) is 3.57 Å². The first-order valence-corrected chi connectivity index (χ1v) is 6.57. The Morgan fingerprint density at radius 1 is 1.41 bits per heavy atom. The lowest BCUT2D eigenvalue weighted by molar-refractivity contribution is -0.0456. The molecule has 1 rings (SSSR count). The molecule has 0 saturated carbocycles. The fourth-order valence-corrected chi connectivity index (χ4v) is 2.15. The Morgan fingerprint density at radius 2 is 2.12 bits per heavy atom. The second kappa shape index (κ2) is 7.15. The van der Waals surface area contributed by atoms with Crippen molar-refractivity contribution >= 4 is 22.6 Å². The summed E-state index contributed by atoms with van der Waals surface area (Å²) in [7, 11) is 0. The van der Waals surface area contributed by atoms with Gasteiger partial charge in [0.25, 0.3) is 0 Å². The van der Waals surface area contributed by atoms with Crippen LogP contribution in [0.15, 0.2) is 18.2 Å². The van der Waals surface area contributed by atoms with Crippen LogP contribution in [0.2, 0.25) is 0 Å². The number of hydrogen-bond donors (Lipinski definition) is 3. The van der Waals surface area contributed by atoms with E-state index in [1.54, 1.807) is 18.2 Å². The molecular formula is C12H17IO4. The van der Waals surface area contributed by atoms with Crippen LogP contribution in [-0.2, 0) is 4.74 Å². The van der Waals surface area contributed by atoms with E-state index in [-0.39, 0.29) is 12.4 Å². The summed E-state index contributed by atoms with van der Waals surface area (Å²) in [6.45, 7) is 2.21. The van der Waals surface area contributed by atoms with Crippen LogP contribution >= 0.6 is 22.6 Å². The van der Waals surface area contributed by atoms with Crippen LogP contribution in [0.25, 0.3) is 0 Å². The highest BCUT2D eigenvalue weighted by molar-refractivity contribution is 14.1. The van der Waals surface area contributed by atoms with Crippen molar-refractivity contribution in [2.24, 2.45) is 0 Å². The van der Waals surface area contributed by atoms with E-state index in [2.05, 4.69) is 22.6 Å². The molecule has 0 amide bonds. The van der Waals surface area contributed by atoms with Gasteiger partial charge in [0.05, 0.1) is 6.10 Å². The van der Waals surface area contributed by atoms with Gasteiger partial charge in [-0.15, -0.1) is 0 Å². The normalized spacial score (nSPS) is 14.6. The molecule has 5 heteroatoms. The molecule has 4 nitrogen and oxygen atoms in total. The van der Waals surface area contributed by atoms with Crippen molar-refractivity contribution in [3.63, 3.8) is 0 Å². The Kier molecular flexibility index (Phi) is 6.18. The third kappa shape index (κ3) is 4.09. The molecule has 0 spiro atoms. The number of halogens is 1. The molecule has 1 aromatic rings. The van der Waals surface area contributed by atoms with Crippen molar-refractivity contribution in [3.8, 4) is 5.75 Å². The maximum Gasteiger partial charge on any atom is 0.121 e. The first-order chi connectivity index (χ1) is 8.10. The molecule has 1 aromatic carbocycles. The van der Waals surface area contributed by atoms with E-state index < -0.39 is 12.2 Å². The van der Waals surface area contributed by atoms with E-state index in [1.807, 2.05) is 6.92 Å². The molecule has 96 valence electrons. The Morgan fingerprint density at radius 3 is 2.71 bits per heavy atom. The van der Waals surface area contributed by atoms with E-state index in [0.29, 0.717) is 18.6 Å². The highest BCUT2D eigenvalue weighted by Crippen LogP contribution is 2.30. The molecule has 0 aliphatic carbocycles. The first-order valence-electron chi connectivity index (χ1n) is 5.49. The first kappa shape index (κ1) is 14.7. The lowest BCUT2D eigenvalue weighted by Gasteiger charge is -2.23. The van der Waals surface area contributed by atoms with Crippen molar-refractivity contribution < 1.29 is 20.1 Å². The van der Waals surface area contributed by atoms with Crippen LogP contribution in [-0.4, -0.2) is 34.6 Å². The predicted molar refractivity (Wildman–Crippen MR) is 72.9 cm³/mol. The number of aliphatic hydroxyl groups is 2. The molecule has 3 N–H and O–H groups in total. The molecule has 0 aliphatic heterocycles. The van der Waals surface area contributed by atoms with E-state index >= 15 is 0 Å². The monoisotopic (exact) mass is 352 g/mol. The standard InChI is InChI=1S/C12H17IO4/c1-2-17-11(5-6-14)12(16)9-7-8(13)3-4-10(9)15/h3-4,7,11-12,14-16H,2,5-6H2,1H3/t11-,12-/m0/s1. The van der Waals surface area contributed by atoms with Gasteiger partial charge in [0.15, 0.2) is 0 Å². The van der Waals surface area contributed by atoms with Gasteiger partial charge in [0.1, 0.15) is 11.9 Å². The summed E-state index contributed by atoms with van der Waals surface area (Å²) in [5.74, 6) is 0.0422. The lowest BCUT2D eigenvalue weighted by Crippen LogP contribution is -2.23. The summed E-state index contributed by atoms with van der Waals surface area (Å²) in [6, 6.07) is 5.01. The molecule has 0 heterocycles. The van der Waals surface area contributed by atoms with Crippen molar-refractivity contribution in [2.45, 2.75) is 25.6 Å². The van der Waals surface area contributed by atoms with Gasteiger partial charge >= 0.3 is 0 Å². The zero-order valence-electron chi connectivity index (χ0n) is 9.64. The van der Waals surface area contributed by atoms with Gasteiger partial charge in [-0.2, -0.15) is 0 Å². The van der Waals surface area contributed by atoms with E-state index in [1.165, 1.54) is 0 Å². The molecule has 2 atom stereocenters. The maximum absolute atomic E-state index is 10.1. The summed E-state index contributed by atoms with van der Waals surface area (Å²) in [4.78, 5) is 0. The van der Waals surface area contributed by atoms with Crippen molar-refractivity contribution in [3.05, 3.63) is 27.3 Å². The van der Waals surface area contributed by atoms with Crippen LogP contribution in [0.1, 0.15) is 25.0 Å². The second-order valence-corrected chi connectivity index (χ2v) is 4.90. The van der Waals surface area contributed by atoms with Crippen molar-refractivity contribution in [1.29, 1.82) is 0 Å².